The molecule has 30 nitrogen and oxygen atoms in total. The maximum atomic E-state index is 13.1. The van der Waals surface area contributed by atoms with Crippen molar-refractivity contribution in [1.82, 2.24) is 0 Å². The highest BCUT2D eigenvalue weighted by atomic mass is 16.6. The van der Waals surface area contributed by atoms with Crippen LogP contribution in [-0.2, 0) is 28.6 Å². The van der Waals surface area contributed by atoms with Crippen LogP contribution in [0.5, 0.6) is 0 Å². The number of ether oxygens (including phenoxy) is 3. The van der Waals surface area contributed by atoms with E-state index in [0.717, 1.165) is 57.8 Å². The van der Waals surface area contributed by atoms with Gasteiger partial charge in [0.2, 0.25) is 0 Å². The van der Waals surface area contributed by atoms with Crippen molar-refractivity contribution in [2.75, 3.05) is 0 Å². The third kappa shape index (κ3) is 62.4. The minimum absolute atomic E-state index is 0.00297. The Morgan fingerprint density at radius 3 is 0.830 bits per heavy atom. The summed E-state index contributed by atoms with van der Waals surface area (Å²) in [5, 5.41) is 252. The largest absolute Gasteiger partial charge is 0.462 e. The highest BCUT2D eigenvalue weighted by molar-refractivity contribution is 5.74. The van der Waals surface area contributed by atoms with Crippen LogP contribution in [0.2, 0.25) is 0 Å². The Bertz CT molecular complexity index is 3600. The molecule has 0 saturated heterocycles. The van der Waals surface area contributed by atoms with Crippen molar-refractivity contribution in [1.29, 1.82) is 0 Å². The number of carbonyl (C=O) groups is 3. The van der Waals surface area contributed by atoms with Gasteiger partial charge >= 0.3 is 17.9 Å². The van der Waals surface area contributed by atoms with Gasteiger partial charge in [0.05, 0.1) is 146 Å². The van der Waals surface area contributed by atoms with E-state index in [9.17, 15) is 137 Å². The Labute approximate surface area is 802 Å². The molecule has 30 atom stereocenters. The average Bonchev–Trinajstić information content (AvgIpc) is 0.850. The van der Waals surface area contributed by atoms with Crippen molar-refractivity contribution < 1.29 is 151 Å². The number of carbonyl (C=O) groups excluding carboxylic acids is 3. The molecule has 0 saturated carbocycles. The van der Waals surface area contributed by atoms with Crippen LogP contribution in [0.3, 0.4) is 0 Å². The molecular weight excluding hydrogens is 1740 g/mol. The first-order valence-electron chi connectivity index (χ1n) is 49.0. The topological polar surface area (TPSA) is 564 Å². The summed E-state index contributed by atoms with van der Waals surface area (Å²) in [6.07, 6.45) is 26.2. The van der Waals surface area contributed by atoms with Crippen molar-refractivity contribution in [2.24, 2.45) is 17.8 Å². The Morgan fingerprint density at radius 2 is 0.526 bits per heavy atom. The van der Waals surface area contributed by atoms with E-state index < -0.39 is 200 Å². The van der Waals surface area contributed by atoms with Crippen molar-refractivity contribution in [2.45, 2.75) is 439 Å². The summed E-state index contributed by atoms with van der Waals surface area (Å²) in [5.41, 5.74) is 1.88. The van der Waals surface area contributed by atoms with Crippen molar-refractivity contribution in [3.05, 3.63) is 181 Å². The van der Waals surface area contributed by atoms with Crippen LogP contribution in [0.4, 0.5) is 0 Å². The van der Waals surface area contributed by atoms with Gasteiger partial charge in [0.1, 0.15) is 36.4 Å². The van der Waals surface area contributed by atoms with Crippen molar-refractivity contribution in [3.8, 4) is 0 Å². The smallest absolute Gasteiger partial charge is 0.314 e. The van der Waals surface area contributed by atoms with E-state index in [0.29, 0.717) is 48.8 Å². The fourth-order valence-electron chi connectivity index (χ4n) is 15.7. The number of esters is 3. The first kappa shape index (κ1) is 127. The van der Waals surface area contributed by atoms with Gasteiger partial charge in [-0.3, -0.25) is 14.4 Å². The van der Waals surface area contributed by atoms with Gasteiger partial charge < -0.3 is 137 Å². The fourth-order valence-corrected chi connectivity index (χ4v) is 15.7. The van der Waals surface area contributed by atoms with Gasteiger partial charge in [-0.15, -0.1) is 0 Å². The first-order valence-corrected chi connectivity index (χ1v) is 49.0. The quantitative estimate of drug-likeness (QED) is 0.0413. The normalized spacial score (nSPS) is 34.2. The third-order valence-corrected chi connectivity index (χ3v) is 23.8. The second-order valence-corrected chi connectivity index (χ2v) is 36.9. The number of aliphatic hydroxyl groups excluding tert-OH is 24. The highest BCUT2D eigenvalue weighted by Gasteiger charge is 2.39. The Morgan fingerprint density at radius 1 is 0.281 bits per heavy atom. The predicted molar refractivity (Wildman–Crippen MR) is 522 cm³/mol. The third-order valence-electron chi connectivity index (χ3n) is 23.8. The van der Waals surface area contributed by atoms with Gasteiger partial charge in [-0.05, 0) is 155 Å². The van der Waals surface area contributed by atoms with Crippen LogP contribution < -0.4 is 0 Å². The lowest BCUT2D eigenvalue weighted by atomic mass is 9.87. The molecule has 24 N–H and O–H groups in total. The zero-order chi connectivity index (χ0) is 101. The summed E-state index contributed by atoms with van der Waals surface area (Å²) in [7, 11) is 0. The summed E-state index contributed by atoms with van der Waals surface area (Å²) in [5.74, 6) is -5.25. The molecule has 0 aromatic rings. The predicted octanol–water partition coefficient (Wildman–Crippen LogP) is 8.75. The lowest BCUT2D eigenvalue weighted by molar-refractivity contribution is -0.168. The average molecular weight is 1920 g/mol. The molecule has 3 aliphatic rings. The van der Waals surface area contributed by atoms with E-state index in [1.807, 2.05) is 49.5 Å². The molecule has 30 heteroatoms. The van der Waals surface area contributed by atoms with Crippen LogP contribution >= 0.6 is 0 Å². The van der Waals surface area contributed by atoms with Gasteiger partial charge in [0.25, 0.3) is 0 Å². The molecule has 0 spiro atoms. The van der Waals surface area contributed by atoms with E-state index >= 15 is 0 Å². The van der Waals surface area contributed by atoms with Crippen molar-refractivity contribution >= 4 is 17.9 Å². The van der Waals surface area contributed by atoms with Gasteiger partial charge in [-0.1, -0.05) is 255 Å². The molecule has 0 bridgehead atoms. The summed E-state index contributed by atoms with van der Waals surface area (Å²) in [6.45, 7) is 16.1. The van der Waals surface area contributed by atoms with Gasteiger partial charge in [0.15, 0.2) is 0 Å². The molecule has 0 aliphatic carbocycles. The van der Waals surface area contributed by atoms with E-state index in [4.69, 9.17) is 14.2 Å². The van der Waals surface area contributed by atoms with Crippen LogP contribution in [0, 0.1) is 17.8 Å². The van der Waals surface area contributed by atoms with Crippen molar-refractivity contribution in [3.63, 3.8) is 0 Å². The number of rotatable bonds is 15. The summed E-state index contributed by atoms with van der Waals surface area (Å²) >= 11 is 0. The van der Waals surface area contributed by atoms with Crippen LogP contribution in [-0.4, -0.2) is 305 Å². The van der Waals surface area contributed by atoms with Gasteiger partial charge in [-0.2, -0.15) is 0 Å². The van der Waals surface area contributed by atoms with Crippen LogP contribution in [0.1, 0.15) is 274 Å². The summed E-state index contributed by atoms with van der Waals surface area (Å²) < 4.78 is 16.6. The second kappa shape index (κ2) is 75.4. The Kier molecular flexibility index (Phi) is 70.7. The first-order chi connectivity index (χ1) is 64.0. The van der Waals surface area contributed by atoms with Gasteiger partial charge in [0, 0.05) is 44.9 Å². The number of unbranched alkanes of at least 4 members (excludes halogenated alkanes) is 8. The van der Waals surface area contributed by atoms with E-state index in [-0.39, 0.29) is 122 Å². The SMILES string of the molecule is CCCCCC[C@H]1C(=O)O[C@H](C)CC=CC=CC=CC=CC=C(C)[C@@H](O)C[C@H](O)C[C@H](O)C[C@H](O)C[C@H](O)C[C@H](O)C[C@@H]1O.CCCCCC[C@H]1C(=O)O[C@H](C)[C@@H](O)C=CC=CC=CC=CC=C(C)[C@@H](O)C[C@H](O)C[C@H](O)C[C@H](O)C[C@H](O)C[C@H](O)C[C@@H]1O.CCCCC[C@@H](O)[C@H]1C(=O)O[C@H](C)[C@@H](O)C=CC=CC=CC=CC=C(C)[C@@H](O)C[C@H](O)C[C@H](O)C[C@H](O)C[C@H](O)C[C@H](O)C[C@@H]1O. The summed E-state index contributed by atoms with van der Waals surface area (Å²) in [6, 6.07) is 0. The van der Waals surface area contributed by atoms with E-state index in [2.05, 4.69) is 13.8 Å². The van der Waals surface area contributed by atoms with Crippen LogP contribution in [0.25, 0.3) is 0 Å². The lowest BCUT2D eigenvalue weighted by Crippen LogP contribution is -2.43. The summed E-state index contributed by atoms with van der Waals surface area (Å²) in [4.78, 5) is 39.3. The lowest BCUT2D eigenvalue weighted by Gasteiger charge is -2.29. The Hall–Kier alpha value is -6.45. The molecule has 0 amide bonds. The van der Waals surface area contributed by atoms with Gasteiger partial charge in [-0.25, -0.2) is 0 Å². The maximum Gasteiger partial charge on any atom is 0.314 e. The van der Waals surface area contributed by atoms with E-state index in [1.54, 1.807) is 144 Å². The minimum atomic E-state index is -1.52. The molecule has 0 fully saturated rings. The highest BCUT2D eigenvalue weighted by Crippen LogP contribution is 2.30. The molecule has 3 heterocycles. The minimum Gasteiger partial charge on any atom is -0.462 e. The van der Waals surface area contributed by atoms with Crippen LogP contribution in [0.15, 0.2) is 181 Å². The fraction of sp³-hybridized carbons (Fsp3) is 0.686. The molecule has 0 aromatic heterocycles. The maximum absolute atomic E-state index is 13.1. The molecule has 3 rings (SSSR count). The number of hydrogen-bond donors (Lipinski definition) is 24. The van der Waals surface area contributed by atoms with E-state index in [1.165, 1.54) is 19.1 Å². The molecule has 135 heavy (non-hydrogen) atoms. The number of allylic oxidation sites excluding steroid dienone is 24. The molecule has 0 aromatic carbocycles. The molecule has 0 unspecified atom stereocenters. The molecule has 774 valence electrons. The zero-order valence-electron chi connectivity index (χ0n) is 81.4. The number of hydrogen-bond acceptors (Lipinski definition) is 30. The zero-order valence-corrected chi connectivity index (χ0v) is 81.4. The number of cyclic esters (lactones) is 3. The second-order valence-electron chi connectivity index (χ2n) is 36.9. The Balaban J connectivity index is 0.00000101. The monoisotopic (exact) mass is 1920 g/mol. The molecule has 0 radical (unpaired) electrons. The molecule has 3 aliphatic heterocycles. The molecular formula is C105H174O30. The number of aliphatic hydroxyl groups is 24. The standard InChI is InChI=1S/C35H58O11.C35H58O10.C35H58O9/c1-4-5-11-16-31(42)34-33(44)22-29(40)20-27(38)18-25(36)17-26(37)19-28(39)21-32(43)23(2)14-12-9-7-6-8-10-13-15-30(41)24(3)46-35(34)45;1-4-5-6-13-16-31-34(43)23-30(40)21-28(38)19-26(36)18-27(37)20-29(39)22-33(42)24(2)15-12-10-8-7-9-11-14-17-32(41)25(3)45-35(31)44;1-4-5-6-15-18-32-34(42)24-31(40)22-29(38)20-27(36)19-28(37)21-30(39)23-33(41)25(2)16-13-11-9-7-8-10-12-14-17-26(3)44-35(32)43/h6-10,12-15,24-34,36-44H,4-5,11,16-22H2,1-3H3;7-12,14-15,17,25-34,36-43H,4-6,13,16,18-23H2,1-3H3;7-14,16,26-34,36-42H,4-6,15,17-24H2,1-3H3/t24-,25+,26-,27+,28-,29+,30+,31-,32+,33+,34-;25-,26+,27-,28+,29-,30+,31-,32+,33+,34+;26-,27+,28-,29+,30-,31+,32-,33+,34+/m111/s1.